The van der Waals surface area contributed by atoms with E-state index < -0.39 is 0 Å². The van der Waals surface area contributed by atoms with Crippen LogP contribution in [0.2, 0.25) is 0 Å². The summed E-state index contributed by atoms with van der Waals surface area (Å²) in [4.78, 5) is 2.13. The maximum atomic E-state index is 13.8. The monoisotopic (exact) mass is 303 g/mol. The zero-order chi connectivity index (χ0) is 15.2. The maximum absolute atomic E-state index is 13.8. The molecule has 2 aromatic rings. The minimum Gasteiger partial charge on any atom is -0.313 e. The van der Waals surface area contributed by atoms with Crippen LogP contribution in [-0.2, 0) is 6.54 Å². The Morgan fingerprint density at radius 1 is 1.10 bits per heavy atom. The molecule has 0 heterocycles. The van der Waals surface area contributed by atoms with Gasteiger partial charge in [0.2, 0.25) is 0 Å². The molecule has 0 spiro atoms. The lowest BCUT2D eigenvalue weighted by Gasteiger charge is -2.09. The number of hydrogen-bond acceptors (Lipinski definition) is 2. The van der Waals surface area contributed by atoms with Crippen LogP contribution in [-0.4, -0.2) is 6.54 Å². The zero-order valence-corrected chi connectivity index (χ0v) is 13.7. The van der Waals surface area contributed by atoms with E-state index in [0.717, 1.165) is 23.4 Å². The summed E-state index contributed by atoms with van der Waals surface area (Å²) in [5.74, 6) is -0.168. The van der Waals surface area contributed by atoms with Crippen molar-refractivity contribution in [1.82, 2.24) is 5.32 Å². The Labute approximate surface area is 131 Å². The van der Waals surface area contributed by atoms with Gasteiger partial charge >= 0.3 is 0 Å². The van der Waals surface area contributed by atoms with Crippen LogP contribution in [0.5, 0.6) is 0 Å². The van der Waals surface area contributed by atoms with Crippen molar-refractivity contribution >= 4 is 11.8 Å². The standard InChI is InChI=1S/C18H22FNS/c1-4-7-20-12-15-9-16(19)11-17(10-15)21-18-6-5-13(2)8-14(18)3/h5-6,8-11,20H,4,7,12H2,1-3H3. The molecular formula is C18H22FNS. The van der Waals surface area contributed by atoms with Crippen LogP contribution >= 0.6 is 11.8 Å². The van der Waals surface area contributed by atoms with E-state index in [1.54, 1.807) is 23.9 Å². The first-order valence-electron chi connectivity index (χ1n) is 7.34. The molecule has 0 saturated heterocycles. The van der Waals surface area contributed by atoms with E-state index in [1.807, 2.05) is 0 Å². The second kappa shape index (κ2) is 7.62. The summed E-state index contributed by atoms with van der Waals surface area (Å²) in [6.07, 6.45) is 1.08. The molecule has 0 aliphatic rings. The molecule has 0 amide bonds. The van der Waals surface area contributed by atoms with Crippen molar-refractivity contribution < 1.29 is 4.39 Å². The average Bonchev–Trinajstić information content (AvgIpc) is 2.42. The molecular weight excluding hydrogens is 281 g/mol. The first kappa shape index (κ1) is 16.1. The molecule has 0 aliphatic heterocycles. The Morgan fingerprint density at radius 2 is 1.90 bits per heavy atom. The number of benzene rings is 2. The van der Waals surface area contributed by atoms with E-state index in [9.17, 15) is 4.39 Å². The first-order valence-corrected chi connectivity index (χ1v) is 8.15. The van der Waals surface area contributed by atoms with Crippen LogP contribution in [0.25, 0.3) is 0 Å². The predicted molar refractivity (Wildman–Crippen MR) is 88.4 cm³/mol. The van der Waals surface area contributed by atoms with Crippen molar-refractivity contribution in [3.63, 3.8) is 0 Å². The predicted octanol–water partition coefficient (Wildman–Crippen LogP) is 5.09. The molecule has 0 saturated carbocycles. The number of hydrogen-bond donors (Lipinski definition) is 1. The lowest BCUT2D eigenvalue weighted by Crippen LogP contribution is -2.13. The van der Waals surface area contributed by atoms with Gasteiger partial charge in [0.25, 0.3) is 0 Å². The third-order valence-electron chi connectivity index (χ3n) is 3.25. The molecule has 0 aliphatic carbocycles. The van der Waals surface area contributed by atoms with Crippen molar-refractivity contribution in [1.29, 1.82) is 0 Å². The van der Waals surface area contributed by atoms with Crippen LogP contribution in [0.15, 0.2) is 46.2 Å². The molecule has 1 nitrogen and oxygen atoms in total. The highest BCUT2D eigenvalue weighted by Gasteiger charge is 2.05. The van der Waals surface area contributed by atoms with Gasteiger partial charge in [-0.25, -0.2) is 4.39 Å². The third-order valence-corrected chi connectivity index (χ3v) is 4.39. The quantitative estimate of drug-likeness (QED) is 0.746. The topological polar surface area (TPSA) is 12.0 Å². The van der Waals surface area contributed by atoms with E-state index in [4.69, 9.17) is 0 Å². The second-order valence-electron chi connectivity index (χ2n) is 5.34. The van der Waals surface area contributed by atoms with Crippen molar-refractivity contribution in [2.24, 2.45) is 0 Å². The van der Waals surface area contributed by atoms with Gasteiger partial charge in [0, 0.05) is 16.3 Å². The molecule has 1 N–H and O–H groups in total. The van der Waals surface area contributed by atoms with Gasteiger partial charge in [-0.2, -0.15) is 0 Å². The summed E-state index contributed by atoms with van der Waals surface area (Å²) >= 11 is 1.62. The highest BCUT2D eigenvalue weighted by atomic mass is 32.2. The summed E-state index contributed by atoms with van der Waals surface area (Å²) in [5, 5.41) is 3.31. The van der Waals surface area contributed by atoms with Crippen LogP contribution in [0, 0.1) is 19.7 Å². The van der Waals surface area contributed by atoms with E-state index in [2.05, 4.69) is 50.4 Å². The Balaban J connectivity index is 2.15. The van der Waals surface area contributed by atoms with E-state index in [0.29, 0.717) is 6.54 Å². The van der Waals surface area contributed by atoms with Crippen LogP contribution in [0.4, 0.5) is 4.39 Å². The fourth-order valence-electron chi connectivity index (χ4n) is 2.23. The summed E-state index contributed by atoms with van der Waals surface area (Å²) in [6.45, 7) is 7.97. The Hall–Kier alpha value is -1.32. The molecule has 112 valence electrons. The summed E-state index contributed by atoms with van der Waals surface area (Å²) < 4.78 is 13.8. The van der Waals surface area contributed by atoms with Crippen molar-refractivity contribution in [3.8, 4) is 0 Å². The van der Waals surface area contributed by atoms with Gasteiger partial charge in [0.1, 0.15) is 5.82 Å². The highest BCUT2D eigenvalue weighted by molar-refractivity contribution is 7.99. The van der Waals surface area contributed by atoms with Gasteiger partial charge in [-0.3, -0.25) is 0 Å². The fourth-order valence-corrected chi connectivity index (χ4v) is 3.22. The Bertz CT molecular complexity index is 610. The number of rotatable bonds is 6. The van der Waals surface area contributed by atoms with Gasteiger partial charge in [0.05, 0.1) is 0 Å². The molecule has 0 unspecified atom stereocenters. The fraction of sp³-hybridized carbons (Fsp3) is 0.333. The maximum Gasteiger partial charge on any atom is 0.124 e. The van der Waals surface area contributed by atoms with Gasteiger partial charge in [-0.05, 0) is 62.2 Å². The SMILES string of the molecule is CCCNCc1cc(F)cc(Sc2ccc(C)cc2C)c1. The van der Waals surface area contributed by atoms with Crippen molar-refractivity contribution in [3.05, 3.63) is 58.9 Å². The molecule has 0 fully saturated rings. The van der Waals surface area contributed by atoms with Crippen LogP contribution < -0.4 is 5.32 Å². The molecule has 21 heavy (non-hydrogen) atoms. The Morgan fingerprint density at radius 3 is 2.62 bits per heavy atom. The van der Waals surface area contributed by atoms with Crippen molar-refractivity contribution in [2.45, 2.75) is 43.5 Å². The summed E-state index contributed by atoms with van der Waals surface area (Å²) in [5.41, 5.74) is 3.48. The van der Waals surface area contributed by atoms with Gasteiger partial charge in [-0.1, -0.05) is 36.4 Å². The number of nitrogens with one attached hydrogen (secondary N) is 1. The molecule has 3 heteroatoms. The minimum atomic E-state index is -0.168. The average molecular weight is 303 g/mol. The lowest BCUT2D eigenvalue weighted by molar-refractivity contribution is 0.615. The van der Waals surface area contributed by atoms with Gasteiger partial charge < -0.3 is 5.32 Å². The second-order valence-corrected chi connectivity index (χ2v) is 6.46. The Kier molecular flexibility index (Phi) is 5.83. The molecule has 0 radical (unpaired) electrons. The van der Waals surface area contributed by atoms with Crippen LogP contribution in [0.3, 0.4) is 0 Å². The van der Waals surface area contributed by atoms with Gasteiger partial charge in [-0.15, -0.1) is 0 Å². The molecule has 0 aromatic heterocycles. The lowest BCUT2D eigenvalue weighted by atomic mass is 10.2. The van der Waals surface area contributed by atoms with Gasteiger partial charge in [0.15, 0.2) is 0 Å². The van der Waals surface area contributed by atoms with E-state index in [-0.39, 0.29) is 5.82 Å². The number of halogens is 1. The normalized spacial score (nSPS) is 10.9. The van der Waals surface area contributed by atoms with Crippen LogP contribution in [0.1, 0.15) is 30.0 Å². The smallest absolute Gasteiger partial charge is 0.124 e. The zero-order valence-electron chi connectivity index (χ0n) is 12.9. The molecule has 0 bridgehead atoms. The molecule has 2 aromatic carbocycles. The van der Waals surface area contributed by atoms with E-state index in [1.165, 1.54) is 16.0 Å². The molecule has 2 rings (SSSR count). The first-order chi connectivity index (χ1) is 10.1. The highest BCUT2D eigenvalue weighted by Crippen LogP contribution is 2.31. The minimum absolute atomic E-state index is 0.168. The molecule has 0 atom stereocenters. The summed E-state index contributed by atoms with van der Waals surface area (Å²) in [6, 6.07) is 11.6. The largest absolute Gasteiger partial charge is 0.313 e. The van der Waals surface area contributed by atoms with Crippen molar-refractivity contribution in [2.75, 3.05) is 6.54 Å². The number of aryl methyl sites for hydroxylation is 2. The third kappa shape index (κ3) is 4.87. The summed E-state index contributed by atoms with van der Waals surface area (Å²) in [7, 11) is 0. The van der Waals surface area contributed by atoms with E-state index >= 15 is 0 Å².